The van der Waals surface area contributed by atoms with Crippen LogP contribution in [0, 0.1) is 0 Å². The summed E-state index contributed by atoms with van der Waals surface area (Å²) in [6, 6.07) is 36.0. The summed E-state index contributed by atoms with van der Waals surface area (Å²) in [5.74, 6) is 0. The molecule has 0 saturated heterocycles. The van der Waals surface area contributed by atoms with Gasteiger partial charge in [-0.15, -0.1) is 0 Å². The second-order valence-corrected chi connectivity index (χ2v) is 5.94. The normalized spacial score (nSPS) is 10.3. The van der Waals surface area contributed by atoms with Crippen molar-refractivity contribution < 1.29 is 86.3 Å². The average Bonchev–Trinajstić information content (AvgIpc) is 2.78. The Morgan fingerprint density at radius 1 is 0.140 bits per heavy atom. The molecule has 0 fully saturated rings. The monoisotopic (exact) mass is 669 g/mol. The molecular weight excluding hydrogens is 650 g/mol. The SMILES string of the molecule is F[B-](F)(F)F.F[B-](F)(F)F.F[B-](F)(F)F.F[B-](F)(F)F.F[B-](F)(F)F.c1ccccc1.c1ccccc1.c1ccccc1. The molecule has 0 saturated carbocycles. The fourth-order valence-corrected chi connectivity index (χ4v) is 1.15. The molecular formula is C18H18B5F20-5. The smallest absolute Gasteiger partial charge is 0.418 e. The molecule has 25 heteroatoms. The predicted octanol–water partition coefficient (Wildman–Crippen LogP) is 11.6. The first-order chi connectivity index (χ1) is 19.0. The zero-order valence-corrected chi connectivity index (χ0v) is 20.8. The Hall–Kier alpha value is -3.42. The van der Waals surface area contributed by atoms with Gasteiger partial charge in [-0.1, -0.05) is 109 Å². The van der Waals surface area contributed by atoms with Gasteiger partial charge in [-0.25, -0.2) is 0 Å². The molecule has 0 amide bonds. The van der Waals surface area contributed by atoms with Crippen molar-refractivity contribution in [1.82, 2.24) is 0 Å². The summed E-state index contributed by atoms with van der Waals surface area (Å²) >= 11 is 0. The maximum Gasteiger partial charge on any atom is 0.673 e. The van der Waals surface area contributed by atoms with Crippen LogP contribution in [0.3, 0.4) is 0 Å². The second-order valence-electron chi connectivity index (χ2n) is 5.94. The van der Waals surface area contributed by atoms with Crippen molar-refractivity contribution in [2.24, 2.45) is 0 Å². The predicted molar refractivity (Wildman–Crippen MR) is 130 cm³/mol. The zero-order chi connectivity index (χ0) is 35.2. The highest BCUT2D eigenvalue weighted by atomic mass is 19.5. The molecule has 3 rings (SSSR count). The summed E-state index contributed by atoms with van der Waals surface area (Å²) in [6.45, 7) is 0. The van der Waals surface area contributed by atoms with Gasteiger partial charge in [0.15, 0.2) is 0 Å². The molecule has 3 aromatic carbocycles. The number of benzene rings is 3. The minimum absolute atomic E-state index is 2.00. The van der Waals surface area contributed by atoms with Gasteiger partial charge >= 0.3 is 36.3 Å². The lowest BCUT2D eigenvalue weighted by molar-refractivity contribution is 0.366. The summed E-state index contributed by atoms with van der Waals surface area (Å²) in [4.78, 5) is 0. The highest BCUT2D eigenvalue weighted by molar-refractivity contribution is 6.51. The van der Waals surface area contributed by atoms with Crippen LogP contribution in [0.1, 0.15) is 0 Å². The number of hydrogen-bond acceptors (Lipinski definition) is 0. The molecule has 0 aliphatic carbocycles. The number of halogens is 20. The van der Waals surface area contributed by atoms with Crippen molar-refractivity contribution in [2.75, 3.05) is 0 Å². The van der Waals surface area contributed by atoms with E-state index in [0.717, 1.165) is 0 Å². The van der Waals surface area contributed by atoms with Crippen LogP contribution in [0.4, 0.5) is 86.3 Å². The van der Waals surface area contributed by atoms with Crippen molar-refractivity contribution in [3.8, 4) is 0 Å². The van der Waals surface area contributed by atoms with E-state index in [-0.39, 0.29) is 0 Å². The van der Waals surface area contributed by atoms with E-state index in [0.29, 0.717) is 0 Å². The van der Waals surface area contributed by atoms with Crippen LogP contribution >= 0.6 is 0 Å². The molecule has 0 N–H and O–H groups in total. The Bertz CT molecular complexity index is 647. The molecule has 3 aromatic rings. The van der Waals surface area contributed by atoms with Gasteiger partial charge in [-0.05, 0) is 0 Å². The lowest BCUT2D eigenvalue weighted by Crippen LogP contribution is -2.02. The first-order valence-corrected chi connectivity index (χ1v) is 10.4. The lowest BCUT2D eigenvalue weighted by Gasteiger charge is -1.94. The van der Waals surface area contributed by atoms with Crippen LogP contribution in [0.2, 0.25) is 0 Å². The number of rotatable bonds is 0. The third-order valence-electron chi connectivity index (χ3n) is 2.00. The van der Waals surface area contributed by atoms with E-state index in [1.165, 1.54) is 0 Å². The van der Waals surface area contributed by atoms with Crippen molar-refractivity contribution in [2.45, 2.75) is 0 Å². The number of hydrogen-bond donors (Lipinski definition) is 0. The molecule has 0 aliphatic rings. The summed E-state index contributed by atoms with van der Waals surface area (Å²) in [5, 5.41) is 0. The molecule has 0 atom stereocenters. The van der Waals surface area contributed by atoms with Crippen molar-refractivity contribution in [1.29, 1.82) is 0 Å². The molecule has 0 radical (unpaired) electrons. The van der Waals surface area contributed by atoms with Crippen LogP contribution in [-0.4, -0.2) is 36.3 Å². The second kappa shape index (κ2) is 27.4. The molecule has 0 heterocycles. The van der Waals surface area contributed by atoms with Crippen molar-refractivity contribution in [3.63, 3.8) is 0 Å². The molecule has 0 nitrogen and oxygen atoms in total. The Labute approximate surface area is 232 Å². The fraction of sp³-hybridized carbons (Fsp3) is 0. The lowest BCUT2D eigenvalue weighted by atomic mass is 10.3. The van der Waals surface area contributed by atoms with Gasteiger partial charge in [0, 0.05) is 0 Å². The summed E-state index contributed by atoms with van der Waals surface area (Å²) in [6.07, 6.45) is 0. The first-order valence-electron chi connectivity index (χ1n) is 10.4. The van der Waals surface area contributed by atoms with Crippen LogP contribution in [0.25, 0.3) is 0 Å². The van der Waals surface area contributed by atoms with Gasteiger partial charge in [0.2, 0.25) is 0 Å². The molecule has 250 valence electrons. The highest BCUT2D eigenvalue weighted by Gasteiger charge is 2.22. The zero-order valence-electron chi connectivity index (χ0n) is 20.8. The van der Waals surface area contributed by atoms with Gasteiger partial charge in [0.1, 0.15) is 0 Å². The van der Waals surface area contributed by atoms with E-state index in [2.05, 4.69) is 0 Å². The molecule has 0 spiro atoms. The van der Waals surface area contributed by atoms with Crippen LogP contribution in [0.15, 0.2) is 109 Å². The van der Waals surface area contributed by atoms with Crippen molar-refractivity contribution in [3.05, 3.63) is 109 Å². The van der Waals surface area contributed by atoms with Crippen LogP contribution in [0.5, 0.6) is 0 Å². The minimum Gasteiger partial charge on any atom is -0.418 e. The standard InChI is InChI=1S/3C6H6.5BF4/c3*1-2-4-6-5-3-1;5*2-1(3,4)5/h3*1-6H;;;;;/q;;;5*-1. The Kier molecular flexibility index (Phi) is 31.4. The quantitative estimate of drug-likeness (QED) is 0.165. The van der Waals surface area contributed by atoms with Gasteiger partial charge in [0.05, 0.1) is 0 Å². The molecule has 0 bridgehead atoms. The van der Waals surface area contributed by atoms with E-state index >= 15 is 0 Å². The van der Waals surface area contributed by atoms with Gasteiger partial charge in [-0.3, -0.25) is 0 Å². The maximum atomic E-state index is 9.75. The Morgan fingerprint density at radius 2 is 0.163 bits per heavy atom. The Morgan fingerprint density at radius 3 is 0.186 bits per heavy atom. The average molecular weight is 668 g/mol. The summed E-state index contributed by atoms with van der Waals surface area (Å²) < 4.78 is 195. The maximum absolute atomic E-state index is 9.75. The first kappa shape index (κ1) is 49.3. The Balaban J connectivity index is -0.000000128. The van der Waals surface area contributed by atoms with E-state index < -0.39 is 36.3 Å². The topological polar surface area (TPSA) is 0 Å². The molecule has 0 unspecified atom stereocenters. The molecule has 0 aromatic heterocycles. The summed E-state index contributed by atoms with van der Waals surface area (Å²) in [5.41, 5.74) is 0. The van der Waals surface area contributed by atoms with Gasteiger partial charge < -0.3 is 86.3 Å². The van der Waals surface area contributed by atoms with E-state index in [4.69, 9.17) is 0 Å². The van der Waals surface area contributed by atoms with E-state index in [9.17, 15) is 86.3 Å². The molecule has 0 aliphatic heterocycles. The van der Waals surface area contributed by atoms with Crippen LogP contribution < -0.4 is 0 Å². The van der Waals surface area contributed by atoms with E-state index in [1.807, 2.05) is 109 Å². The van der Waals surface area contributed by atoms with E-state index in [1.54, 1.807) is 0 Å². The highest BCUT2D eigenvalue weighted by Crippen LogP contribution is 2.08. The van der Waals surface area contributed by atoms with Gasteiger partial charge in [0.25, 0.3) is 0 Å². The van der Waals surface area contributed by atoms with Crippen LogP contribution in [-0.2, 0) is 0 Å². The summed E-state index contributed by atoms with van der Waals surface area (Å²) in [7, 11) is -30.0. The third-order valence-corrected chi connectivity index (χ3v) is 2.00. The third kappa shape index (κ3) is 243. The fourth-order valence-electron chi connectivity index (χ4n) is 1.15. The molecule has 43 heavy (non-hydrogen) atoms. The largest absolute Gasteiger partial charge is 0.673 e. The van der Waals surface area contributed by atoms with Crippen molar-refractivity contribution >= 4 is 36.3 Å². The minimum atomic E-state index is -6.00. The van der Waals surface area contributed by atoms with Gasteiger partial charge in [-0.2, -0.15) is 0 Å².